The summed E-state index contributed by atoms with van der Waals surface area (Å²) >= 11 is 9.28. The quantitative estimate of drug-likeness (QED) is 0.718. The van der Waals surface area contributed by atoms with Crippen LogP contribution >= 0.6 is 34.3 Å². The molecule has 0 unspecified atom stereocenters. The van der Waals surface area contributed by atoms with E-state index in [1.165, 1.54) is 9.88 Å². The first kappa shape index (κ1) is 14.0. The molecule has 0 aromatic carbocycles. The molecule has 0 fully saturated rings. The first-order chi connectivity index (χ1) is 8.78. The van der Waals surface area contributed by atoms with E-state index in [2.05, 4.69) is 39.8 Å². The molecule has 0 aliphatic rings. The number of nitrogens with zero attached hydrogens (tertiary/aromatic N) is 2. The summed E-state index contributed by atoms with van der Waals surface area (Å²) in [6.07, 6.45) is 2.20. The lowest BCUT2D eigenvalue weighted by Crippen LogP contribution is -2.18. The second kappa shape index (κ2) is 7.24. The van der Waals surface area contributed by atoms with E-state index in [0.29, 0.717) is 5.88 Å². The highest BCUT2D eigenvalue weighted by Gasteiger charge is 2.04. The van der Waals surface area contributed by atoms with Crippen LogP contribution in [0.2, 0.25) is 0 Å². The van der Waals surface area contributed by atoms with Crippen LogP contribution in [-0.4, -0.2) is 23.5 Å². The lowest BCUT2D eigenvalue weighted by Gasteiger charge is -2.14. The van der Waals surface area contributed by atoms with Crippen molar-refractivity contribution < 1.29 is 0 Å². The highest BCUT2D eigenvalue weighted by molar-refractivity contribution is 7.10. The third-order valence-electron chi connectivity index (χ3n) is 2.67. The Morgan fingerprint density at radius 2 is 2.28 bits per heavy atom. The molecule has 0 saturated heterocycles. The van der Waals surface area contributed by atoms with Gasteiger partial charge in [-0.2, -0.15) is 0 Å². The van der Waals surface area contributed by atoms with Gasteiger partial charge in [0.25, 0.3) is 0 Å². The van der Waals surface area contributed by atoms with Crippen molar-refractivity contribution in [3.63, 3.8) is 0 Å². The summed E-state index contributed by atoms with van der Waals surface area (Å²) < 4.78 is 0. The Morgan fingerprint density at radius 1 is 1.39 bits per heavy atom. The Morgan fingerprint density at radius 3 is 2.94 bits per heavy atom. The van der Waals surface area contributed by atoms with Gasteiger partial charge in [0.2, 0.25) is 0 Å². The zero-order chi connectivity index (χ0) is 12.8. The van der Waals surface area contributed by atoms with Crippen molar-refractivity contribution in [2.24, 2.45) is 0 Å². The fourth-order valence-corrected chi connectivity index (χ4v) is 3.63. The SMILES string of the molecule is CN(CCCc1nc(CCl)cs1)Cc1cccs1. The first-order valence-electron chi connectivity index (χ1n) is 5.98. The normalized spacial score (nSPS) is 11.3. The van der Waals surface area contributed by atoms with Crippen molar-refractivity contribution in [1.29, 1.82) is 0 Å². The number of alkyl halides is 1. The van der Waals surface area contributed by atoms with E-state index in [1.807, 2.05) is 11.3 Å². The van der Waals surface area contributed by atoms with Gasteiger partial charge in [0, 0.05) is 23.2 Å². The summed E-state index contributed by atoms with van der Waals surface area (Å²) in [7, 11) is 2.17. The zero-order valence-electron chi connectivity index (χ0n) is 10.4. The lowest BCUT2D eigenvalue weighted by atomic mass is 10.3. The van der Waals surface area contributed by atoms with Crippen molar-refractivity contribution in [2.45, 2.75) is 25.3 Å². The van der Waals surface area contributed by atoms with Crippen molar-refractivity contribution in [3.8, 4) is 0 Å². The molecule has 5 heteroatoms. The van der Waals surface area contributed by atoms with Gasteiger partial charge >= 0.3 is 0 Å². The van der Waals surface area contributed by atoms with E-state index in [-0.39, 0.29) is 0 Å². The number of aromatic nitrogens is 1. The molecule has 0 aliphatic carbocycles. The molecule has 18 heavy (non-hydrogen) atoms. The number of hydrogen-bond acceptors (Lipinski definition) is 4. The number of thiophene rings is 1. The summed E-state index contributed by atoms with van der Waals surface area (Å²) in [5.74, 6) is 0.523. The standard InChI is InChI=1S/C13H17ClN2S2/c1-16(9-12-4-3-7-17-12)6-2-5-13-15-11(8-14)10-18-13/h3-4,7,10H,2,5-6,8-9H2,1H3. The molecule has 2 heterocycles. The van der Waals surface area contributed by atoms with E-state index < -0.39 is 0 Å². The maximum atomic E-state index is 5.74. The van der Waals surface area contributed by atoms with Gasteiger partial charge < -0.3 is 4.90 Å². The monoisotopic (exact) mass is 300 g/mol. The number of aryl methyl sites for hydroxylation is 1. The molecule has 0 atom stereocenters. The van der Waals surface area contributed by atoms with Crippen molar-refractivity contribution in [1.82, 2.24) is 9.88 Å². The van der Waals surface area contributed by atoms with Gasteiger partial charge in [-0.05, 0) is 31.5 Å². The minimum Gasteiger partial charge on any atom is -0.301 e. The van der Waals surface area contributed by atoms with Gasteiger partial charge in [-0.1, -0.05) is 6.07 Å². The fourth-order valence-electron chi connectivity index (χ4n) is 1.77. The average Bonchev–Trinajstić information content (AvgIpc) is 3.00. The summed E-state index contributed by atoms with van der Waals surface area (Å²) in [4.78, 5) is 8.26. The molecule has 0 N–H and O–H groups in total. The maximum Gasteiger partial charge on any atom is 0.0929 e. The van der Waals surface area contributed by atoms with Crippen LogP contribution in [0.3, 0.4) is 0 Å². The van der Waals surface area contributed by atoms with Gasteiger partial charge in [0.05, 0.1) is 16.6 Å². The van der Waals surface area contributed by atoms with Crippen molar-refractivity contribution >= 4 is 34.3 Å². The molecule has 2 aromatic rings. The number of halogens is 1. The van der Waals surface area contributed by atoms with E-state index >= 15 is 0 Å². The predicted octanol–water partition coefficient (Wildman–Crippen LogP) is 4.01. The molecule has 0 bridgehead atoms. The molecule has 2 aromatic heterocycles. The summed E-state index contributed by atoms with van der Waals surface area (Å²) in [5.41, 5.74) is 1.00. The summed E-state index contributed by atoms with van der Waals surface area (Å²) in [5, 5.41) is 5.39. The largest absolute Gasteiger partial charge is 0.301 e. The molecular weight excluding hydrogens is 284 g/mol. The van der Waals surface area contributed by atoms with E-state index in [4.69, 9.17) is 11.6 Å². The second-order valence-corrected chi connectivity index (χ2v) is 6.53. The van der Waals surface area contributed by atoms with Gasteiger partial charge in [-0.15, -0.1) is 34.3 Å². The van der Waals surface area contributed by atoms with Crippen LogP contribution in [0.5, 0.6) is 0 Å². The van der Waals surface area contributed by atoms with Gasteiger partial charge in [0.15, 0.2) is 0 Å². The van der Waals surface area contributed by atoms with Gasteiger partial charge in [0.1, 0.15) is 0 Å². The Labute approximate surface area is 121 Å². The molecule has 2 nitrogen and oxygen atoms in total. The summed E-state index contributed by atoms with van der Waals surface area (Å²) in [6.45, 7) is 2.15. The van der Waals surface area contributed by atoms with E-state index in [1.54, 1.807) is 11.3 Å². The number of hydrogen-bond donors (Lipinski definition) is 0. The highest BCUT2D eigenvalue weighted by atomic mass is 35.5. The third kappa shape index (κ3) is 4.35. The molecule has 0 saturated carbocycles. The fraction of sp³-hybridized carbons (Fsp3) is 0.462. The smallest absolute Gasteiger partial charge is 0.0929 e. The number of rotatable bonds is 7. The average molecular weight is 301 g/mol. The molecule has 98 valence electrons. The highest BCUT2D eigenvalue weighted by Crippen LogP contribution is 2.14. The van der Waals surface area contributed by atoms with Crippen LogP contribution < -0.4 is 0 Å². The second-order valence-electron chi connectivity index (χ2n) is 4.29. The maximum absolute atomic E-state index is 5.74. The molecule has 0 spiro atoms. The van der Waals surface area contributed by atoms with Gasteiger partial charge in [-0.25, -0.2) is 4.98 Å². The Kier molecular flexibility index (Phi) is 5.63. The van der Waals surface area contributed by atoms with E-state index in [9.17, 15) is 0 Å². The van der Waals surface area contributed by atoms with Crippen LogP contribution in [0.1, 0.15) is 22.0 Å². The van der Waals surface area contributed by atoms with Gasteiger partial charge in [-0.3, -0.25) is 0 Å². The van der Waals surface area contributed by atoms with Crippen molar-refractivity contribution in [2.75, 3.05) is 13.6 Å². The van der Waals surface area contributed by atoms with Crippen LogP contribution in [0.4, 0.5) is 0 Å². The van der Waals surface area contributed by atoms with E-state index in [0.717, 1.165) is 31.6 Å². The Balaban J connectivity index is 1.68. The number of thiazole rings is 1. The molecule has 0 aliphatic heterocycles. The van der Waals surface area contributed by atoms with Crippen molar-refractivity contribution in [3.05, 3.63) is 38.5 Å². The third-order valence-corrected chi connectivity index (χ3v) is 4.76. The van der Waals surface area contributed by atoms with Crippen LogP contribution in [0.15, 0.2) is 22.9 Å². The molecule has 2 rings (SSSR count). The summed E-state index contributed by atoms with van der Waals surface area (Å²) in [6, 6.07) is 4.30. The van der Waals surface area contributed by atoms with Crippen LogP contribution in [-0.2, 0) is 18.8 Å². The minimum absolute atomic E-state index is 0.523. The lowest BCUT2D eigenvalue weighted by molar-refractivity contribution is 0.325. The molecule has 0 amide bonds. The Hall–Kier alpha value is -0.420. The van der Waals surface area contributed by atoms with Crippen LogP contribution in [0.25, 0.3) is 0 Å². The first-order valence-corrected chi connectivity index (χ1v) is 8.27. The Bertz CT molecular complexity index is 453. The molecular formula is C13H17ClN2S2. The van der Waals surface area contributed by atoms with Crippen LogP contribution in [0, 0.1) is 0 Å². The minimum atomic E-state index is 0.523. The molecule has 0 radical (unpaired) electrons. The topological polar surface area (TPSA) is 16.1 Å². The zero-order valence-corrected chi connectivity index (χ0v) is 12.8. The predicted molar refractivity (Wildman–Crippen MR) is 80.6 cm³/mol.